The largest absolute Gasteiger partial charge is 0.394 e. The number of aliphatic hydroxyl groups is 1. The first-order valence-electron chi connectivity index (χ1n) is 6.92. The van der Waals surface area contributed by atoms with Crippen molar-refractivity contribution in [1.29, 1.82) is 0 Å². The summed E-state index contributed by atoms with van der Waals surface area (Å²) in [5.41, 5.74) is 0.598. The van der Waals surface area contributed by atoms with Crippen LogP contribution in [-0.4, -0.2) is 44.9 Å². The quantitative estimate of drug-likeness (QED) is 0.934. The second-order valence-electron chi connectivity index (χ2n) is 5.09. The first-order chi connectivity index (χ1) is 10.2. The van der Waals surface area contributed by atoms with Crippen LogP contribution >= 0.6 is 0 Å². The maximum absolute atomic E-state index is 14.2. The molecule has 2 heterocycles. The van der Waals surface area contributed by atoms with E-state index in [0.29, 0.717) is 17.8 Å². The van der Waals surface area contributed by atoms with Gasteiger partial charge in [-0.05, 0) is 37.1 Å². The molecule has 21 heavy (non-hydrogen) atoms. The van der Waals surface area contributed by atoms with E-state index >= 15 is 0 Å². The lowest BCUT2D eigenvalue weighted by atomic mass is 10.1. The van der Waals surface area contributed by atoms with Crippen molar-refractivity contribution in [3.8, 4) is 5.69 Å². The van der Waals surface area contributed by atoms with Crippen LogP contribution in [0.1, 0.15) is 23.2 Å². The van der Waals surface area contributed by atoms with Gasteiger partial charge in [0.25, 0.3) is 5.91 Å². The normalized spacial score (nSPS) is 18.2. The van der Waals surface area contributed by atoms with E-state index in [1.807, 2.05) is 0 Å². The fraction of sp³-hybridized carbons (Fsp3) is 0.333. The zero-order chi connectivity index (χ0) is 14.8. The summed E-state index contributed by atoms with van der Waals surface area (Å²) in [4.78, 5) is 14.0. The summed E-state index contributed by atoms with van der Waals surface area (Å²) in [6.07, 6.45) is 4.86. The van der Waals surface area contributed by atoms with E-state index in [-0.39, 0.29) is 18.6 Å². The van der Waals surface area contributed by atoms with Gasteiger partial charge in [-0.2, -0.15) is 5.10 Å². The van der Waals surface area contributed by atoms with E-state index < -0.39 is 5.82 Å². The Morgan fingerprint density at radius 2 is 2.33 bits per heavy atom. The summed E-state index contributed by atoms with van der Waals surface area (Å²) in [6, 6.07) is 5.90. The van der Waals surface area contributed by atoms with Gasteiger partial charge in [-0.3, -0.25) is 4.79 Å². The maximum atomic E-state index is 14.2. The van der Waals surface area contributed by atoms with Crippen LogP contribution in [0.15, 0.2) is 36.7 Å². The highest BCUT2D eigenvalue weighted by Crippen LogP contribution is 2.21. The lowest BCUT2D eigenvalue weighted by Gasteiger charge is -2.23. The molecule has 3 rings (SSSR count). The Hall–Kier alpha value is -2.21. The van der Waals surface area contributed by atoms with Crippen molar-refractivity contribution in [2.75, 3.05) is 13.2 Å². The molecule has 1 fully saturated rings. The standard InChI is InChI=1S/C15H16FN3O2/c16-13-9-11(4-5-14(13)19-8-2-6-17-19)15(21)18-7-1-3-12(18)10-20/h2,4-6,8-9,12,20H,1,3,7,10H2/t12-/m1/s1. The highest BCUT2D eigenvalue weighted by atomic mass is 19.1. The SMILES string of the molecule is O=C(c1ccc(-n2cccn2)c(F)c1)N1CCC[C@@H]1CO. The molecular weight excluding hydrogens is 273 g/mol. The van der Waals surface area contributed by atoms with E-state index in [9.17, 15) is 14.3 Å². The molecule has 110 valence electrons. The lowest BCUT2D eigenvalue weighted by Crippen LogP contribution is -2.37. The molecule has 1 atom stereocenters. The zero-order valence-electron chi connectivity index (χ0n) is 11.4. The third-order valence-corrected chi connectivity index (χ3v) is 3.79. The van der Waals surface area contributed by atoms with Crippen LogP contribution in [0, 0.1) is 5.82 Å². The molecule has 1 aromatic heterocycles. The van der Waals surface area contributed by atoms with Crippen LogP contribution in [0.2, 0.25) is 0 Å². The van der Waals surface area contributed by atoms with Gasteiger partial charge in [-0.15, -0.1) is 0 Å². The number of benzene rings is 1. The molecule has 1 aliphatic heterocycles. The summed E-state index contributed by atoms with van der Waals surface area (Å²) in [6.45, 7) is 0.548. The molecular formula is C15H16FN3O2. The van der Waals surface area contributed by atoms with Crippen LogP contribution in [0.5, 0.6) is 0 Å². The van der Waals surface area contributed by atoms with Crippen LogP contribution in [0.25, 0.3) is 5.69 Å². The van der Waals surface area contributed by atoms with Gasteiger partial charge < -0.3 is 10.0 Å². The molecule has 0 radical (unpaired) electrons. The molecule has 0 bridgehead atoms. The second kappa shape index (κ2) is 5.65. The maximum Gasteiger partial charge on any atom is 0.254 e. The third-order valence-electron chi connectivity index (χ3n) is 3.79. The molecule has 0 unspecified atom stereocenters. The number of carbonyl (C=O) groups is 1. The zero-order valence-corrected chi connectivity index (χ0v) is 11.4. The van der Waals surface area contributed by atoms with Gasteiger partial charge in [0.2, 0.25) is 0 Å². The Kier molecular flexibility index (Phi) is 3.70. The predicted octanol–water partition coefficient (Wildman–Crippen LogP) is 1.61. The minimum atomic E-state index is -0.496. The van der Waals surface area contributed by atoms with E-state index in [0.717, 1.165) is 12.8 Å². The Morgan fingerprint density at radius 1 is 1.48 bits per heavy atom. The molecule has 0 aliphatic carbocycles. The van der Waals surface area contributed by atoms with Crippen molar-refractivity contribution in [2.24, 2.45) is 0 Å². The Morgan fingerprint density at radius 3 is 3.00 bits per heavy atom. The molecule has 2 aromatic rings. The molecule has 1 amide bonds. The molecule has 6 heteroatoms. The Labute approximate surface area is 121 Å². The molecule has 1 N–H and O–H groups in total. The predicted molar refractivity (Wildman–Crippen MR) is 74.7 cm³/mol. The minimum absolute atomic E-state index is 0.0560. The van der Waals surface area contributed by atoms with Crippen LogP contribution in [-0.2, 0) is 0 Å². The highest BCUT2D eigenvalue weighted by molar-refractivity contribution is 5.94. The Balaban J connectivity index is 1.87. The van der Waals surface area contributed by atoms with Gasteiger partial charge in [0.15, 0.2) is 0 Å². The smallest absolute Gasteiger partial charge is 0.254 e. The second-order valence-corrected chi connectivity index (χ2v) is 5.09. The fourth-order valence-corrected chi connectivity index (χ4v) is 2.70. The Bertz CT molecular complexity index is 642. The number of halogens is 1. The summed E-state index contributed by atoms with van der Waals surface area (Å²) >= 11 is 0. The summed E-state index contributed by atoms with van der Waals surface area (Å²) in [7, 11) is 0. The van der Waals surface area contributed by atoms with Crippen molar-refractivity contribution in [2.45, 2.75) is 18.9 Å². The number of aliphatic hydroxyl groups excluding tert-OH is 1. The third kappa shape index (κ3) is 2.54. The number of rotatable bonds is 3. The number of carbonyl (C=O) groups excluding carboxylic acids is 1. The molecule has 1 aliphatic rings. The molecule has 1 saturated heterocycles. The molecule has 1 aromatic carbocycles. The average Bonchev–Trinajstić information content (AvgIpc) is 3.17. The number of likely N-dealkylation sites (tertiary alicyclic amines) is 1. The molecule has 0 saturated carbocycles. The van der Waals surface area contributed by atoms with E-state index in [1.54, 1.807) is 35.5 Å². The van der Waals surface area contributed by atoms with Gasteiger partial charge in [-0.25, -0.2) is 9.07 Å². The van der Waals surface area contributed by atoms with Gasteiger partial charge in [-0.1, -0.05) is 0 Å². The summed E-state index contributed by atoms with van der Waals surface area (Å²) in [5, 5.41) is 13.2. The number of nitrogens with zero attached hydrogens (tertiary/aromatic N) is 3. The monoisotopic (exact) mass is 289 g/mol. The van der Waals surface area contributed by atoms with Gasteiger partial charge in [0.05, 0.1) is 12.6 Å². The van der Waals surface area contributed by atoms with E-state index in [1.165, 1.54) is 10.7 Å². The fourth-order valence-electron chi connectivity index (χ4n) is 2.70. The number of hydrogen-bond acceptors (Lipinski definition) is 3. The molecule has 5 nitrogen and oxygen atoms in total. The first kappa shape index (κ1) is 13.8. The number of amides is 1. The minimum Gasteiger partial charge on any atom is -0.394 e. The molecule has 0 spiro atoms. The van der Waals surface area contributed by atoms with Crippen molar-refractivity contribution >= 4 is 5.91 Å². The van der Waals surface area contributed by atoms with Gasteiger partial charge in [0, 0.05) is 24.5 Å². The van der Waals surface area contributed by atoms with Gasteiger partial charge >= 0.3 is 0 Å². The van der Waals surface area contributed by atoms with Crippen LogP contribution in [0.4, 0.5) is 4.39 Å². The highest BCUT2D eigenvalue weighted by Gasteiger charge is 2.29. The van der Waals surface area contributed by atoms with Crippen molar-refractivity contribution in [1.82, 2.24) is 14.7 Å². The van der Waals surface area contributed by atoms with E-state index in [4.69, 9.17) is 0 Å². The van der Waals surface area contributed by atoms with E-state index in [2.05, 4.69) is 5.10 Å². The van der Waals surface area contributed by atoms with Gasteiger partial charge in [0.1, 0.15) is 11.5 Å². The van der Waals surface area contributed by atoms with Crippen molar-refractivity contribution in [3.05, 3.63) is 48.0 Å². The topological polar surface area (TPSA) is 58.4 Å². The van der Waals surface area contributed by atoms with Crippen molar-refractivity contribution in [3.63, 3.8) is 0 Å². The number of hydrogen-bond donors (Lipinski definition) is 1. The van der Waals surface area contributed by atoms with Crippen LogP contribution in [0.3, 0.4) is 0 Å². The van der Waals surface area contributed by atoms with Crippen molar-refractivity contribution < 1.29 is 14.3 Å². The summed E-state index contributed by atoms with van der Waals surface area (Å²) in [5.74, 6) is -0.734. The van der Waals surface area contributed by atoms with Crippen LogP contribution < -0.4 is 0 Å². The first-order valence-corrected chi connectivity index (χ1v) is 6.92. The lowest BCUT2D eigenvalue weighted by molar-refractivity contribution is 0.0677. The number of aromatic nitrogens is 2. The average molecular weight is 289 g/mol. The summed E-state index contributed by atoms with van der Waals surface area (Å²) < 4.78 is 15.6.